The molecule has 3 N–H and O–H groups in total. The van der Waals surface area contributed by atoms with Crippen LogP contribution in [0.1, 0.15) is 6.42 Å². The largest absolute Gasteiger partial charge is 0.479 e. The molecule has 0 aliphatic rings. The van der Waals surface area contributed by atoms with Gasteiger partial charge in [-0.1, -0.05) is 6.08 Å². The van der Waals surface area contributed by atoms with Crippen molar-refractivity contribution in [1.82, 2.24) is 0 Å². The molecule has 0 saturated carbocycles. The third-order valence-electron chi connectivity index (χ3n) is 1.15. The highest BCUT2D eigenvalue weighted by atomic mass is 16.4. The monoisotopic (exact) mass is 160 g/mol. The maximum absolute atomic E-state index is 10.2. The second kappa shape index (κ2) is 3.16. The Labute approximate surface area is 62.6 Å². The third kappa shape index (κ3) is 1.78. The summed E-state index contributed by atoms with van der Waals surface area (Å²) in [6.45, 7) is 3.12. The minimum atomic E-state index is -2.73. The third-order valence-corrected chi connectivity index (χ3v) is 1.15. The predicted octanol–water partition coefficient (Wildman–Crippen LogP) is -0.537. The number of hydrogen-bond donors (Lipinski definition) is 3. The fourth-order valence-electron chi connectivity index (χ4n) is 0.475. The van der Waals surface area contributed by atoms with E-state index in [0.29, 0.717) is 0 Å². The maximum atomic E-state index is 10.2. The van der Waals surface area contributed by atoms with Crippen molar-refractivity contribution >= 4 is 11.9 Å². The molecular weight excluding hydrogens is 152 g/mol. The van der Waals surface area contributed by atoms with Gasteiger partial charge in [0.15, 0.2) is 0 Å². The molecule has 0 amide bonds. The molecule has 0 fully saturated rings. The Balaban J connectivity index is 4.65. The molecule has 62 valence electrons. The second-order valence-electron chi connectivity index (χ2n) is 1.96. The summed E-state index contributed by atoms with van der Waals surface area (Å²) in [7, 11) is 0. The first kappa shape index (κ1) is 9.64. The van der Waals surface area contributed by atoms with Gasteiger partial charge in [0.05, 0.1) is 0 Å². The van der Waals surface area contributed by atoms with Crippen molar-refractivity contribution < 1.29 is 24.9 Å². The number of hydrogen-bond acceptors (Lipinski definition) is 3. The van der Waals surface area contributed by atoms with E-state index in [2.05, 4.69) is 6.58 Å². The van der Waals surface area contributed by atoms with Gasteiger partial charge in [0.25, 0.3) is 5.60 Å². The molecule has 0 aromatic rings. The zero-order valence-electron chi connectivity index (χ0n) is 5.65. The minimum absolute atomic E-state index is 0.516. The van der Waals surface area contributed by atoms with Crippen molar-refractivity contribution in [2.45, 2.75) is 12.0 Å². The van der Waals surface area contributed by atoms with Crippen LogP contribution < -0.4 is 0 Å². The van der Waals surface area contributed by atoms with Crippen molar-refractivity contribution in [2.24, 2.45) is 0 Å². The normalized spacial score (nSPS) is 10.6. The highest BCUT2D eigenvalue weighted by Crippen LogP contribution is 2.10. The molecule has 0 aliphatic carbocycles. The highest BCUT2D eigenvalue weighted by molar-refractivity contribution is 6.01. The molecule has 0 aromatic heterocycles. The van der Waals surface area contributed by atoms with Gasteiger partial charge >= 0.3 is 11.9 Å². The Hall–Kier alpha value is -1.36. The van der Waals surface area contributed by atoms with Crippen LogP contribution in [0, 0.1) is 0 Å². The summed E-state index contributed by atoms with van der Waals surface area (Å²) < 4.78 is 0. The van der Waals surface area contributed by atoms with Gasteiger partial charge in [-0.3, -0.25) is 0 Å². The summed E-state index contributed by atoms with van der Waals surface area (Å²) >= 11 is 0. The smallest absolute Gasteiger partial charge is 0.347 e. The first-order valence-electron chi connectivity index (χ1n) is 2.75. The molecule has 5 heteroatoms. The van der Waals surface area contributed by atoms with E-state index in [9.17, 15) is 9.59 Å². The lowest BCUT2D eigenvalue weighted by Gasteiger charge is -2.15. The van der Waals surface area contributed by atoms with Crippen molar-refractivity contribution in [2.75, 3.05) is 0 Å². The number of carboxylic acid groups (broad SMARTS) is 2. The van der Waals surface area contributed by atoms with E-state index in [-0.39, 0.29) is 0 Å². The van der Waals surface area contributed by atoms with Crippen molar-refractivity contribution in [1.29, 1.82) is 0 Å². The van der Waals surface area contributed by atoms with Crippen molar-refractivity contribution in [3.8, 4) is 0 Å². The fraction of sp³-hybridized carbons (Fsp3) is 0.333. The molecule has 0 unspecified atom stereocenters. The molecule has 5 nitrogen and oxygen atoms in total. The summed E-state index contributed by atoms with van der Waals surface area (Å²) in [4.78, 5) is 20.3. The molecular formula is C6H8O5. The molecule has 0 radical (unpaired) electrons. The minimum Gasteiger partial charge on any atom is -0.479 e. The number of rotatable bonds is 4. The number of carboxylic acids is 2. The Kier molecular flexibility index (Phi) is 2.77. The molecule has 0 atom stereocenters. The van der Waals surface area contributed by atoms with Crippen LogP contribution in [0.4, 0.5) is 0 Å². The van der Waals surface area contributed by atoms with Crippen LogP contribution in [0.25, 0.3) is 0 Å². The van der Waals surface area contributed by atoms with E-state index in [4.69, 9.17) is 15.3 Å². The maximum Gasteiger partial charge on any atom is 0.347 e. The number of aliphatic hydroxyl groups is 1. The summed E-state index contributed by atoms with van der Waals surface area (Å²) in [5.41, 5.74) is -2.73. The summed E-state index contributed by atoms with van der Waals surface area (Å²) in [6.07, 6.45) is 0.514. The zero-order valence-corrected chi connectivity index (χ0v) is 5.65. The van der Waals surface area contributed by atoms with Crippen LogP contribution in [0.15, 0.2) is 12.7 Å². The molecule has 0 heterocycles. The summed E-state index contributed by atoms with van der Waals surface area (Å²) in [6, 6.07) is 0. The molecule has 11 heavy (non-hydrogen) atoms. The Morgan fingerprint density at radius 3 is 1.82 bits per heavy atom. The van der Waals surface area contributed by atoms with E-state index >= 15 is 0 Å². The average molecular weight is 160 g/mol. The summed E-state index contributed by atoms with van der Waals surface area (Å²) in [5.74, 6) is -3.57. The number of carbonyl (C=O) groups is 2. The lowest BCUT2D eigenvalue weighted by atomic mass is 10.0. The van der Waals surface area contributed by atoms with E-state index in [1.807, 2.05) is 0 Å². The zero-order chi connectivity index (χ0) is 9.07. The van der Waals surface area contributed by atoms with E-state index in [1.54, 1.807) is 0 Å². The van der Waals surface area contributed by atoms with Gasteiger partial charge < -0.3 is 15.3 Å². The van der Waals surface area contributed by atoms with Crippen LogP contribution in [-0.4, -0.2) is 32.9 Å². The van der Waals surface area contributed by atoms with E-state index in [1.165, 1.54) is 0 Å². The number of aliphatic carboxylic acids is 2. The summed E-state index contributed by atoms with van der Waals surface area (Å²) in [5, 5.41) is 25.4. The van der Waals surface area contributed by atoms with Gasteiger partial charge in [-0.05, 0) is 0 Å². The Morgan fingerprint density at radius 2 is 1.73 bits per heavy atom. The second-order valence-corrected chi connectivity index (χ2v) is 1.96. The van der Waals surface area contributed by atoms with Gasteiger partial charge in [0.1, 0.15) is 0 Å². The van der Waals surface area contributed by atoms with Crippen LogP contribution in [0.2, 0.25) is 0 Å². The van der Waals surface area contributed by atoms with Crippen molar-refractivity contribution in [3.63, 3.8) is 0 Å². The molecule has 0 aromatic carbocycles. The van der Waals surface area contributed by atoms with Crippen molar-refractivity contribution in [3.05, 3.63) is 12.7 Å². The van der Waals surface area contributed by atoms with Gasteiger partial charge in [-0.15, -0.1) is 6.58 Å². The molecule has 0 saturated heterocycles. The SMILES string of the molecule is C=CCC(O)(C(=O)O)C(=O)O. The molecule has 0 aliphatic heterocycles. The molecule has 0 spiro atoms. The van der Waals surface area contributed by atoms with Gasteiger partial charge in [-0.25, -0.2) is 9.59 Å². The van der Waals surface area contributed by atoms with Gasteiger partial charge in [-0.2, -0.15) is 0 Å². The van der Waals surface area contributed by atoms with E-state index < -0.39 is 24.0 Å². The first-order valence-corrected chi connectivity index (χ1v) is 2.75. The van der Waals surface area contributed by atoms with Crippen LogP contribution in [0.5, 0.6) is 0 Å². The Bertz CT molecular complexity index is 181. The predicted molar refractivity (Wildman–Crippen MR) is 35.0 cm³/mol. The first-order chi connectivity index (χ1) is 4.95. The van der Waals surface area contributed by atoms with Crippen LogP contribution >= 0.6 is 0 Å². The standard InChI is InChI=1S/C6H8O5/c1-2-3-6(11,4(7)8)5(9)10/h2,11H,1,3H2,(H,7,8)(H,9,10). The molecule has 0 bridgehead atoms. The molecule has 0 rings (SSSR count). The average Bonchev–Trinajstić information content (AvgIpc) is 1.87. The van der Waals surface area contributed by atoms with Crippen LogP contribution in [-0.2, 0) is 9.59 Å². The van der Waals surface area contributed by atoms with Gasteiger partial charge in [0.2, 0.25) is 0 Å². The highest BCUT2D eigenvalue weighted by Gasteiger charge is 2.43. The Morgan fingerprint density at radius 1 is 1.36 bits per heavy atom. The van der Waals surface area contributed by atoms with E-state index in [0.717, 1.165) is 6.08 Å². The quantitative estimate of drug-likeness (QED) is 0.379. The topological polar surface area (TPSA) is 94.8 Å². The van der Waals surface area contributed by atoms with Crippen LogP contribution in [0.3, 0.4) is 0 Å². The lowest BCUT2D eigenvalue weighted by Crippen LogP contribution is -2.46. The fourth-order valence-corrected chi connectivity index (χ4v) is 0.475. The lowest BCUT2D eigenvalue weighted by molar-refractivity contribution is -0.175. The van der Waals surface area contributed by atoms with Gasteiger partial charge in [0, 0.05) is 6.42 Å².